The summed E-state index contributed by atoms with van der Waals surface area (Å²) < 4.78 is 0.934. The molecule has 2 nitrogen and oxygen atoms in total. The van der Waals surface area contributed by atoms with E-state index in [1.165, 1.54) is 11.3 Å². The highest BCUT2D eigenvalue weighted by atomic mass is 35.5. The van der Waals surface area contributed by atoms with Crippen molar-refractivity contribution in [2.75, 3.05) is 0 Å². The van der Waals surface area contributed by atoms with Crippen LogP contribution in [0.5, 0.6) is 0 Å². The molecule has 0 saturated heterocycles. The number of carbonyl (C=O) groups is 1. The zero-order valence-corrected chi connectivity index (χ0v) is 12.0. The van der Waals surface area contributed by atoms with Crippen LogP contribution in [-0.2, 0) is 6.54 Å². The number of aryl methyl sites for hydroxylation is 1. The zero-order chi connectivity index (χ0) is 13.1. The van der Waals surface area contributed by atoms with Gasteiger partial charge in [0.25, 0.3) is 5.91 Å². The minimum absolute atomic E-state index is 0.202. The molecule has 1 amide bonds. The summed E-state index contributed by atoms with van der Waals surface area (Å²) in [5.74, 6) is -0.202. The molecule has 2 aromatic rings. The van der Waals surface area contributed by atoms with E-state index in [1.54, 1.807) is 6.07 Å². The van der Waals surface area contributed by atoms with Crippen LogP contribution in [0, 0.1) is 6.92 Å². The van der Waals surface area contributed by atoms with E-state index in [4.69, 9.17) is 23.2 Å². The van der Waals surface area contributed by atoms with Crippen molar-refractivity contribution in [2.45, 2.75) is 13.5 Å². The number of amides is 1. The Labute approximate surface area is 120 Å². The minimum atomic E-state index is -0.202. The van der Waals surface area contributed by atoms with Crippen LogP contribution < -0.4 is 5.32 Å². The Morgan fingerprint density at radius 2 is 2.06 bits per heavy atom. The van der Waals surface area contributed by atoms with Crippen LogP contribution in [0.15, 0.2) is 30.3 Å². The average Bonchev–Trinajstić information content (AvgIpc) is 2.67. The molecule has 0 aliphatic rings. The van der Waals surface area contributed by atoms with Crippen molar-refractivity contribution in [3.05, 3.63) is 55.7 Å². The van der Waals surface area contributed by atoms with Gasteiger partial charge in [0.05, 0.1) is 9.90 Å². The highest BCUT2D eigenvalue weighted by Crippen LogP contribution is 2.31. The standard InChI is InChI=1S/C13H11Cl2NOS/c1-8-4-2-3-5-9(8)7-16-13(17)10-6-11(14)18-12(10)15/h2-6H,7H2,1H3,(H,16,17). The molecule has 18 heavy (non-hydrogen) atoms. The van der Waals surface area contributed by atoms with Crippen molar-refractivity contribution < 1.29 is 4.79 Å². The van der Waals surface area contributed by atoms with Crippen molar-refractivity contribution in [1.82, 2.24) is 5.32 Å². The lowest BCUT2D eigenvalue weighted by Crippen LogP contribution is -2.22. The van der Waals surface area contributed by atoms with Crippen molar-refractivity contribution in [3.63, 3.8) is 0 Å². The van der Waals surface area contributed by atoms with Crippen molar-refractivity contribution in [3.8, 4) is 0 Å². The molecule has 0 bridgehead atoms. The number of carbonyl (C=O) groups excluding carboxylic acids is 1. The summed E-state index contributed by atoms with van der Waals surface area (Å²) in [6.07, 6.45) is 0. The fourth-order valence-electron chi connectivity index (χ4n) is 1.57. The SMILES string of the molecule is Cc1ccccc1CNC(=O)c1cc(Cl)sc1Cl. The highest BCUT2D eigenvalue weighted by molar-refractivity contribution is 7.20. The Kier molecular flexibility index (Phi) is 4.27. The molecule has 1 N–H and O–H groups in total. The summed E-state index contributed by atoms with van der Waals surface area (Å²) in [6, 6.07) is 9.49. The van der Waals surface area contributed by atoms with Gasteiger partial charge in [-0.15, -0.1) is 11.3 Å². The first kappa shape index (κ1) is 13.4. The maximum absolute atomic E-state index is 11.9. The number of hydrogen-bond donors (Lipinski definition) is 1. The first-order chi connectivity index (χ1) is 8.58. The molecular formula is C13H11Cl2NOS. The van der Waals surface area contributed by atoms with Gasteiger partial charge in [-0.05, 0) is 24.1 Å². The van der Waals surface area contributed by atoms with Gasteiger partial charge in [0.1, 0.15) is 4.34 Å². The van der Waals surface area contributed by atoms with Gasteiger partial charge in [0.2, 0.25) is 0 Å². The second-order valence-corrected chi connectivity index (χ2v) is 6.13. The van der Waals surface area contributed by atoms with Crippen molar-refractivity contribution in [1.29, 1.82) is 0 Å². The molecular weight excluding hydrogens is 289 g/mol. The molecule has 1 aromatic carbocycles. The topological polar surface area (TPSA) is 29.1 Å². The number of benzene rings is 1. The number of nitrogens with one attached hydrogen (secondary N) is 1. The lowest BCUT2D eigenvalue weighted by atomic mass is 10.1. The first-order valence-electron chi connectivity index (χ1n) is 5.35. The predicted octanol–water partition coefficient (Wildman–Crippen LogP) is 4.29. The molecule has 5 heteroatoms. The average molecular weight is 300 g/mol. The first-order valence-corrected chi connectivity index (χ1v) is 6.92. The number of hydrogen-bond acceptors (Lipinski definition) is 2. The fourth-order valence-corrected chi connectivity index (χ4v) is 3.03. The van der Waals surface area contributed by atoms with E-state index in [0.29, 0.717) is 20.8 Å². The molecule has 0 saturated carbocycles. The Hall–Kier alpha value is -1.03. The zero-order valence-electron chi connectivity index (χ0n) is 9.67. The maximum atomic E-state index is 11.9. The predicted molar refractivity (Wildman–Crippen MR) is 76.7 cm³/mol. The molecule has 0 unspecified atom stereocenters. The molecule has 0 fully saturated rings. The van der Waals surface area contributed by atoms with Crippen LogP contribution >= 0.6 is 34.5 Å². The number of halogens is 2. The summed E-state index contributed by atoms with van der Waals surface area (Å²) in [6.45, 7) is 2.49. The summed E-state index contributed by atoms with van der Waals surface area (Å²) in [5, 5.41) is 2.83. The maximum Gasteiger partial charge on any atom is 0.253 e. The van der Waals surface area contributed by atoms with E-state index in [-0.39, 0.29) is 5.91 Å². The van der Waals surface area contributed by atoms with Crippen LogP contribution in [0.3, 0.4) is 0 Å². The third-order valence-corrected chi connectivity index (χ3v) is 4.09. The van der Waals surface area contributed by atoms with E-state index in [2.05, 4.69) is 5.32 Å². The molecule has 0 radical (unpaired) electrons. The Morgan fingerprint density at radius 3 is 2.67 bits per heavy atom. The van der Waals surface area contributed by atoms with Crippen molar-refractivity contribution >= 4 is 40.4 Å². The van der Waals surface area contributed by atoms with Crippen LogP contribution in [0.1, 0.15) is 21.5 Å². The molecule has 1 aromatic heterocycles. The highest BCUT2D eigenvalue weighted by Gasteiger charge is 2.13. The van der Waals surface area contributed by atoms with E-state index in [9.17, 15) is 4.79 Å². The van der Waals surface area contributed by atoms with E-state index < -0.39 is 0 Å². The summed E-state index contributed by atoms with van der Waals surface area (Å²) in [5.41, 5.74) is 2.66. The Morgan fingerprint density at radius 1 is 1.33 bits per heavy atom. The molecule has 0 aliphatic heterocycles. The van der Waals surface area contributed by atoms with Gasteiger partial charge in [0, 0.05) is 6.54 Å². The molecule has 0 aliphatic carbocycles. The summed E-state index contributed by atoms with van der Waals surface area (Å²) in [7, 11) is 0. The van der Waals surface area contributed by atoms with Crippen LogP contribution in [-0.4, -0.2) is 5.91 Å². The Bertz CT molecular complexity index is 580. The van der Waals surface area contributed by atoms with E-state index >= 15 is 0 Å². The second-order valence-electron chi connectivity index (χ2n) is 3.85. The van der Waals surface area contributed by atoms with E-state index in [0.717, 1.165) is 11.1 Å². The monoisotopic (exact) mass is 299 g/mol. The molecule has 0 spiro atoms. The van der Waals surface area contributed by atoms with Gasteiger partial charge in [-0.1, -0.05) is 47.5 Å². The largest absolute Gasteiger partial charge is 0.348 e. The van der Waals surface area contributed by atoms with Crippen molar-refractivity contribution in [2.24, 2.45) is 0 Å². The quantitative estimate of drug-likeness (QED) is 0.900. The third kappa shape index (κ3) is 3.05. The van der Waals surface area contributed by atoms with Crippen LogP contribution in [0.25, 0.3) is 0 Å². The second kappa shape index (κ2) is 5.74. The molecule has 1 heterocycles. The fraction of sp³-hybridized carbons (Fsp3) is 0.154. The summed E-state index contributed by atoms with van der Waals surface area (Å²) >= 11 is 12.9. The lowest BCUT2D eigenvalue weighted by molar-refractivity contribution is 0.0951. The smallest absolute Gasteiger partial charge is 0.253 e. The van der Waals surface area contributed by atoms with Crippen LogP contribution in [0.4, 0.5) is 0 Å². The number of thiophene rings is 1. The number of rotatable bonds is 3. The van der Waals surface area contributed by atoms with Gasteiger partial charge in [-0.3, -0.25) is 4.79 Å². The Balaban J connectivity index is 2.05. The van der Waals surface area contributed by atoms with Gasteiger partial charge >= 0.3 is 0 Å². The summed E-state index contributed by atoms with van der Waals surface area (Å²) in [4.78, 5) is 11.9. The van der Waals surface area contributed by atoms with Crippen LogP contribution in [0.2, 0.25) is 8.67 Å². The molecule has 0 atom stereocenters. The van der Waals surface area contributed by atoms with Gasteiger partial charge in [-0.2, -0.15) is 0 Å². The minimum Gasteiger partial charge on any atom is -0.348 e. The van der Waals surface area contributed by atoms with E-state index in [1.807, 2.05) is 31.2 Å². The van der Waals surface area contributed by atoms with Gasteiger partial charge in [0.15, 0.2) is 0 Å². The lowest BCUT2D eigenvalue weighted by Gasteiger charge is -2.07. The normalized spacial score (nSPS) is 10.4. The molecule has 94 valence electrons. The molecule has 2 rings (SSSR count). The third-order valence-electron chi connectivity index (χ3n) is 2.60. The van der Waals surface area contributed by atoms with Gasteiger partial charge in [-0.25, -0.2) is 0 Å². The van der Waals surface area contributed by atoms with Gasteiger partial charge < -0.3 is 5.32 Å².